The van der Waals surface area contributed by atoms with Crippen LogP contribution in [0.3, 0.4) is 0 Å². The van der Waals surface area contributed by atoms with E-state index in [4.69, 9.17) is 5.73 Å². The van der Waals surface area contributed by atoms with Crippen molar-refractivity contribution < 1.29 is 0 Å². The Bertz CT molecular complexity index is 497. The third-order valence-electron chi connectivity index (χ3n) is 3.50. The summed E-state index contributed by atoms with van der Waals surface area (Å²) in [5.41, 5.74) is 11.4. The van der Waals surface area contributed by atoms with E-state index >= 15 is 0 Å². The molecule has 0 aliphatic heterocycles. The van der Waals surface area contributed by atoms with Gasteiger partial charge in [-0.15, -0.1) is 0 Å². The molecule has 0 saturated heterocycles. The van der Waals surface area contributed by atoms with Crippen LogP contribution in [0.4, 0.5) is 0 Å². The Morgan fingerprint density at radius 3 is 1.74 bits per heavy atom. The van der Waals surface area contributed by atoms with Gasteiger partial charge in [-0.3, -0.25) is 0 Å². The molecule has 19 heavy (non-hydrogen) atoms. The molecular weight excluding hydrogens is 230 g/mol. The number of aryl methyl sites for hydroxylation is 2. The highest BCUT2D eigenvalue weighted by Gasteiger charge is 2.16. The number of rotatable bonds is 4. The average molecular weight is 253 g/mol. The number of hydrogen-bond acceptors (Lipinski definition) is 1. The molecule has 0 radical (unpaired) electrons. The van der Waals surface area contributed by atoms with Crippen molar-refractivity contribution in [2.75, 3.05) is 0 Å². The highest BCUT2D eigenvalue weighted by Crippen LogP contribution is 2.29. The van der Waals surface area contributed by atoms with Crippen LogP contribution in [0.1, 0.15) is 41.5 Å². The summed E-state index contributed by atoms with van der Waals surface area (Å²) in [4.78, 5) is 0. The summed E-state index contributed by atoms with van der Waals surface area (Å²) in [5, 5.41) is 0. The fourth-order valence-electron chi connectivity index (χ4n) is 2.61. The van der Waals surface area contributed by atoms with Crippen LogP contribution in [0.25, 0.3) is 0 Å². The quantitative estimate of drug-likeness (QED) is 0.869. The fraction of sp³-hybridized carbons (Fsp3) is 0.333. The Morgan fingerprint density at radius 2 is 1.37 bits per heavy atom. The van der Waals surface area contributed by atoms with Crippen LogP contribution >= 0.6 is 0 Å². The molecule has 0 saturated carbocycles. The standard InChI is InChI=1S/C18H23N/c1-13-6-4-8-16(10-13)18(12-15(3)19)17-9-5-7-14(2)11-17/h4-11,15,18H,12,19H2,1-3H3. The second-order valence-electron chi connectivity index (χ2n) is 5.59. The van der Waals surface area contributed by atoms with Crippen molar-refractivity contribution in [2.24, 2.45) is 5.73 Å². The first kappa shape index (κ1) is 13.8. The first-order chi connectivity index (χ1) is 9.06. The van der Waals surface area contributed by atoms with Crippen LogP contribution in [0.5, 0.6) is 0 Å². The minimum Gasteiger partial charge on any atom is -0.328 e. The van der Waals surface area contributed by atoms with Crippen molar-refractivity contribution in [3.8, 4) is 0 Å². The van der Waals surface area contributed by atoms with Gasteiger partial charge in [0.25, 0.3) is 0 Å². The van der Waals surface area contributed by atoms with Crippen molar-refractivity contribution in [3.63, 3.8) is 0 Å². The Morgan fingerprint density at radius 1 is 0.895 bits per heavy atom. The lowest BCUT2D eigenvalue weighted by molar-refractivity contribution is 0.608. The van der Waals surface area contributed by atoms with Crippen LogP contribution in [-0.4, -0.2) is 6.04 Å². The Labute approximate surface area is 116 Å². The monoisotopic (exact) mass is 253 g/mol. The Hall–Kier alpha value is -1.60. The van der Waals surface area contributed by atoms with Gasteiger partial charge in [0, 0.05) is 12.0 Å². The minimum atomic E-state index is 0.200. The maximum atomic E-state index is 6.04. The normalized spacial score (nSPS) is 12.7. The lowest BCUT2D eigenvalue weighted by Gasteiger charge is -2.21. The molecule has 0 spiro atoms. The lowest BCUT2D eigenvalue weighted by atomic mass is 9.85. The van der Waals surface area contributed by atoms with Gasteiger partial charge in [0.1, 0.15) is 0 Å². The molecular formula is C18H23N. The third kappa shape index (κ3) is 3.68. The van der Waals surface area contributed by atoms with Crippen LogP contribution in [0, 0.1) is 13.8 Å². The summed E-state index contributed by atoms with van der Waals surface area (Å²) in [6.07, 6.45) is 0.979. The summed E-state index contributed by atoms with van der Waals surface area (Å²) >= 11 is 0. The SMILES string of the molecule is Cc1cccc(C(CC(C)N)c2cccc(C)c2)c1. The van der Waals surface area contributed by atoms with Gasteiger partial charge in [0.2, 0.25) is 0 Å². The molecule has 0 heterocycles. The van der Waals surface area contributed by atoms with E-state index < -0.39 is 0 Å². The lowest BCUT2D eigenvalue weighted by Crippen LogP contribution is -2.19. The van der Waals surface area contributed by atoms with Gasteiger partial charge in [-0.05, 0) is 38.3 Å². The Balaban J connectivity index is 2.41. The molecule has 0 amide bonds. The zero-order valence-electron chi connectivity index (χ0n) is 12.1. The maximum absolute atomic E-state index is 6.04. The van der Waals surface area contributed by atoms with Crippen LogP contribution in [-0.2, 0) is 0 Å². The summed E-state index contributed by atoms with van der Waals surface area (Å²) in [6, 6.07) is 17.7. The largest absolute Gasteiger partial charge is 0.328 e. The highest BCUT2D eigenvalue weighted by molar-refractivity contribution is 5.36. The van der Waals surface area contributed by atoms with Crippen LogP contribution in [0.15, 0.2) is 48.5 Å². The molecule has 0 bridgehead atoms. The van der Waals surface area contributed by atoms with Crippen LogP contribution < -0.4 is 5.73 Å². The zero-order chi connectivity index (χ0) is 13.8. The number of hydrogen-bond donors (Lipinski definition) is 1. The number of benzene rings is 2. The predicted molar refractivity (Wildman–Crippen MR) is 82.5 cm³/mol. The summed E-state index contributed by atoms with van der Waals surface area (Å²) in [7, 11) is 0. The predicted octanol–water partition coefficient (Wildman–Crippen LogP) is 4.17. The topological polar surface area (TPSA) is 26.0 Å². The van der Waals surface area contributed by atoms with Crippen LogP contribution in [0.2, 0.25) is 0 Å². The van der Waals surface area contributed by atoms with Gasteiger partial charge < -0.3 is 5.73 Å². The number of nitrogens with two attached hydrogens (primary N) is 1. The second kappa shape index (κ2) is 6.03. The van der Waals surface area contributed by atoms with E-state index in [1.54, 1.807) is 0 Å². The minimum absolute atomic E-state index is 0.200. The van der Waals surface area contributed by atoms with Gasteiger partial charge in [-0.1, -0.05) is 59.7 Å². The zero-order valence-corrected chi connectivity index (χ0v) is 12.1. The smallest absolute Gasteiger partial charge is 0.0104 e. The average Bonchev–Trinajstić information content (AvgIpc) is 2.35. The summed E-state index contributed by atoms with van der Waals surface area (Å²) in [5.74, 6) is 0.389. The third-order valence-corrected chi connectivity index (χ3v) is 3.50. The van der Waals surface area contributed by atoms with E-state index in [0.29, 0.717) is 5.92 Å². The molecule has 0 aliphatic carbocycles. The molecule has 2 N–H and O–H groups in total. The van der Waals surface area contributed by atoms with E-state index in [1.807, 2.05) is 0 Å². The van der Waals surface area contributed by atoms with Gasteiger partial charge in [0.15, 0.2) is 0 Å². The van der Waals surface area contributed by atoms with E-state index in [-0.39, 0.29) is 6.04 Å². The molecule has 0 aliphatic rings. The fourth-order valence-corrected chi connectivity index (χ4v) is 2.61. The van der Waals surface area contributed by atoms with Crippen molar-refractivity contribution in [1.82, 2.24) is 0 Å². The van der Waals surface area contributed by atoms with Gasteiger partial charge in [-0.25, -0.2) is 0 Å². The van der Waals surface area contributed by atoms with E-state index in [1.165, 1.54) is 22.3 Å². The molecule has 1 heteroatoms. The highest BCUT2D eigenvalue weighted by atomic mass is 14.6. The van der Waals surface area contributed by atoms with E-state index in [0.717, 1.165) is 6.42 Å². The second-order valence-corrected chi connectivity index (χ2v) is 5.59. The molecule has 2 aromatic rings. The molecule has 100 valence electrons. The van der Waals surface area contributed by atoms with Crippen molar-refractivity contribution in [3.05, 3.63) is 70.8 Å². The molecule has 1 unspecified atom stereocenters. The summed E-state index contributed by atoms with van der Waals surface area (Å²) in [6.45, 7) is 6.37. The first-order valence-electron chi connectivity index (χ1n) is 6.95. The van der Waals surface area contributed by atoms with Gasteiger partial charge >= 0.3 is 0 Å². The molecule has 0 aromatic heterocycles. The summed E-state index contributed by atoms with van der Waals surface area (Å²) < 4.78 is 0. The molecule has 0 fully saturated rings. The van der Waals surface area contributed by atoms with E-state index in [2.05, 4.69) is 69.3 Å². The molecule has 1 nitrogen and oxygen atoms in total. The molecule has 2 aromatic carbocycles. The maximum Gasteiger partial charge on any atom is 0.0104 e. The molecule has 2 rings (SSSR count). The van der Waals surface area contributed by atoms with Crippen molar-refractivity contribution in [1.29, 1.82) is 0 Å². The van der Waals surface area contributed by atoms with Crippen molar-refractivity contribution >= 4 is 0 Å². The Kier molecular flexibility index (Phi) is 4.39. The van der Waals surface area contributed by atoms with Gasteiger partial charge in [0.05, 0.1) is 0 Å². The molecule has 1 atom stereocenters. The first-order valence-corrected chi connectivity index (χ1v) is 6.95. The van der Waals surface area contributed by atoms with Gasteiger partial charge in [-0.2, -0.15) is 0 Å². The van der Waals surface area contributed by atoms with Crippen molar-refractivity contribution in [2.45, 2.75) is 39.2 Å². The van der Waals surface area contributed by atoms with E-state index in [9.17, 15) is 0 Å².